The number of aromatic nitrogens is 2. The van der Waals surface area contributed by atoms with Crippen LogP contribution >= 0.6 is 34.8 Å². The summed E-state index contributed by atoms with van der Waals surface area (Å²) in [5.41, 5.74) is 4.21. The number of fused-ring (bicyclic) bond motifs is 3. The lowest BCUT2D eigenvalue weighted by Crippen LogP contribution is -2.34. The van der Waals surface area contributed by atoms with Gasteiger partial charge in [0.1, 0.15) is 11.0 Å². The van der Waals surface area contributed by atoms with E-state index in [-0.39, 0.29) is 17.6 Å². The summed E-state index contributed by atoms with van der Waals surface area (Å²) in [4.78, 5) is 19.5. The van der Waals surface area contributed by atoms with Crippen LogP contribution in [0.1, 0.15) is 22.4 Å². The minimum atomic E-state index is -0.504. The predicted molar refractivity (Wildman–Crippen MR) is 143 cm³/mol. The third-order valence-electron chi connectivity index (χ3n) is 6.26. The van der Waals surface area contributed by atoms with Crippen LogP contribution < -0.4 is 5.32 Å². The molecule has 36 heavy (non-hydrogen) atoms. The second-order valence-electron chi connectivity index (χ2n) is 8.60. The number of amides is 1. The van der Waals surface area contributed by atoms with Crippen molar-refractivity contribution in [2.75, 3.05) is 13.1 Å². The number of hydrogen-bond donors (Lipinski definition) is 1. The molecular weight excluding hydrogens is 522 g/mol. The molecule has 1 amide bonds. The molecule has 0 fully saturated rings. The first-order chi connectivity index (χ1) is 17.4. The van der Waals surface area contributed by atoms with E-state index in [1.54, 1.807) is 29.0 Å². The number of benzene rings is 2. The SMILES string of the molecule is O=C(NCc1ccnc(Cl)c1)n1c2c(c3c(Cl)c(F)ccc31)CN(C/C=C/c1ccc(Cl)cc1)CC2. The highest BCUT2D eigenvalue weighted by molar-refractivity contribution is 6.36. The van der Waals surface area contributed by atoms with Gasteiger partial charge in [0.25, 0.3) is 0 Å². The number of pyridine rings is 1. The van der Waals surface area contributed by atoms with Gasteiger partial charge in [0, 0.05) is 54.9 Å². The number of carbonyl (C=O) groups excluding carboxylic acids is 1. The molecule has 4 aromatic rings. The lowest BCUT2D eigenvalue weighted by atomic mass is 10.0. The van der Waals surface area contributed by atoms with Gasteiger partial charge in [0.2, 0.25) is 0 Å². The highest BCUT2D eigenvalue weighted by Gasteiger charge is 2.28. The molecule has 2 aromatic carbocycles. The smallest absolute Gasteiger partial charge is 0.326 e. The van der Waals surface area contributed by atoms with Gasteiger partial charge in [-0.05, 0) is 53.1 Å². The maximum absolute atomic E-state index is 14.5. The Labute approximate surface area is 223 Å². The van der Waals surface area contributed by atoms with Crippen molar-refractivity contribution in [3.63, 3.8) is 0 Å². The molecule has 1 aliphatic rings. The van der Waals surface area contributed by atoms with Crippen molar-refractivity contribution >= 4 is 57.8 Å². The third-order valence-corrected chi connectivity index (χ3v) is 7.09. The van der Waals surface area contributed by atoms with Gasteiger partial charge in [-0.2, -0.15) is 0 Å². The number of rotatable bonds is 5. The fourth-order valence-electron chi connectivity index (χ4n) is 4.55. The van der Waals surface area contributed by atoms with E-state index < -0.39 is 5.82 Å². The molecule has 184 valence electrons. The van der Waals surface area contributed by atoms with Crippen LogP contribution in [0.4, 0.5) is 9.18 Å². The first-order valence-electron chi connectivity index (χ1n) is 11.4. The van der Waals surface area contributed by atoms with Crippen LogP contribution in [0.2, 0.25) is 15.2 Å². The Morgan fingerprint density at radius 3 is 2.69 bits per heavy atom. The van der Waals surface area contributed by atoms with Crippen LogP contribution in [-0.2, 0) is 19.5 Å². The monoisotopic (exact) mass is 542 g/mol. The zero-order chi connectivity index (χ0) is 25.2. The molecule has 5 nitrogen and oxygen atoms in total. The van der Waals surface area contributed by atoms with Crippen LogP contribution in [0, 0.1) is 5.82 Å². The summed E-state index contributed by atoms with van der Waals surface area (Å²) < 4.78 is 16.1. The van der Waals surface area contributed by atoms with Crippen molar-refractivity contribution in [2.45, 2.75) is 19.5 Å². The van der Waals surface area contributed by atoms with Gasteiger partial charge in [-0.1, -0.05) is 59.1 Å². The Hall–Kier alpha value is -2.90. The molecule has 0 bridgehead atoms. The standard InChI is InChI=1S/C27H22Cl3FN4O/c28-19-5-3-17(4-6-19)2-1-12-34-13-10-22-20(16-34)25-23(8-7-21(31)26(25)30)35(22)27(36)33-15-18-9-11-32-24(29)14-18/h1-9,11,14H,10,12-13,15-16H2,(H,33,36)/b2-1+. The molecule has 2 aromatic heterocycles. The van der Waals surface area contributed by atoms with Gasteiger partial charge < -0.3 is 5.32 Å². The van der Waals surface area contributed by atoms with E-state index in [0.717, 1.165) is 28.9 Å². The zero-order valence-corrected chi connectivity index (χ0v) is 21.4. The van der Waals surface area contributed by atoms with Crippen molar-refractivity contribution in [2.24, 2.45) is 0 Å². The second-order valence-corrected chi connectivity index (χ2v) is 9.80. The fourth-order valence-corrected chi connectivity index (χ4v) is 5.14. The molecule has 3 heterocycles. The molecule has 0 spiro atoms. The Morgan fingerprint density at radius 2 is 1.92 bits per heavy atom. The fraction of sp³-hybridized carbons (Fsp3) is 0.185. The normalized spacial score (nSPS) is 13.9. The summed E-state index contributed by atoms with van der Waals surface area (Å²) in [6.07, 6.45) is 6.35. The summed E-state index contributed by atoms with van der Waals surface area (Å²) in [5.74, 6) is -0.504. The first-order valence-corrected chi connectivity index (χ1v) is 12.6. The Morgan fingerprint density at radius 1 is 1.11 bits per heavy atom. The lowest BCUT2D eigenvalue weighted by molar-refractivity contribution is 0.240. The highest BCUT2D eigenvalue weighted by Crippen LogP contribution is 2.36. The molecule has 0 saturated heterocycles. The highest BCUT2D eigenvalue weighted by atomic mass is 35.5. The number of halogens is 4. The van der Waals surface area contributed by atoms with Gasteiger partial charge in [-0.25, -0.2) is 14.2 Å². The summed E-state index contributed by atoms with van der Waals surface area (Å²) >= 11 is 18.4. The van der Waals surface area contributed by atoms with E-state index in [1.165, 1.54) is 6.07 Å². The average Bonchev–Trinajstić information content (AvgIpc) is 3.20. The topological polar surface area (TPSA) is 50.2 Å². The van der Waals surface area contributed by atoms with Gasteiger partial charge in [-0.3, -0.25) is 9.47 Å². The summed E-state index contributed by atoms with van der Waals surface area (Å²) in [6, 6.07) is 13.7. The Balaban J connectivity index is 1.40. The van der Waals surface area contributed by atoms with E-state index in [0.29, 0.717) is 40.6 Å². The minimum Gasteiger partial charge on any atom is -0.333 e. The molecule has 0 radical (unpaired) electrons. The molecular formula is C27H22Cl3FN4O. The quantitative estimate of drug-likeness (QED) is 0.277. The van der Waals surface area contributed by atoms with Gasteiger partial charge in [0.15, 0.2) is 0 Å². The molecule has 0 saturated carbocycles. The largest absolute Gasteiger partial charge is 0.333 e. The Kier molecular flexibility index (Phi) is 7.30. The molecule has 0 atom stereocenters. The average molecular weight is 544 g/mol. The van der Waals surface area contributed by atoms with Crippen molar-refractivity contribution in [1.29, 1.82) is 0 Å². The molecule has 0 unspecified atom stereocenters. The van der Waals surface area contributed by atoms with Crippen molar-refractivity contribution < 1.29 is 9.18 Å². The molecule has 5 rings (SSSR count). The molecule has 1 N–H and O–H groups in total. The van der Waals surface area contributed by atoms with E-state index in [9.17, 15) is 9.18 Å². The van der Waals surface area contributed by atoms with E-state index in [1.807, 2.05) is 30.3 Å². The van der Waals surface area contributed by atoms with E-state index in [4.69, 9.17) is 34.8 Å². The number of carbonyl (C=O) groups is 1. The van der Waals surface area contributed by atoms with Crippen molar-refractivity contribution in [1.82, 2.24) is 19.8 Å². The molecule has 9 heteroatoms. The molecule has 1 aliphatic heterocycles. The zero-order valence-electron chi connectivity index (χ0n) is 19.1. The van der Waals surface area contributed by atoms with Gasteiger partial charge in [0.05, 0.1) is 10.5 Å². The van der Waals surface area contributed by atoms with Gasteiger partial charge >= 0.3 is 6.03 Å². The van der Waals surface area contributed by atoms with Crippen molar-refractivity contribution in [3.05, 3.63) is 104 Å². The lowest BCUT2D eigenvalue weighted by Gasteiger charge is -2.27. The van der Waals surface area contributed by atoms with E-state index >= 15 is 0 Å². The first kappa shape index (κ1) is 24.8. The summed E-state index contributed by atoms with van der Waals surface area (Å²) in [6.45, 7) is 2.30. The number of hydrogen-bond acceptors (Lipinski definition) is 3. The van der Waals surface area contributed by atoms with Crippen molar-refractivity contribution in [3.8, 4) is 0 Å². The van der Waals surface area contributed by atoms with Crippen LogP contribution in [0.5, 0.6) is 0 Å². The maximum Gasteiger partial charge on any atom is 0.326 e. The minimum absolute atomic E-state index is 0.0368. The molecule has 0 aliphatic carbocycles. The summed E-state index contributed by atoms with van der Waals surface area (Å²) in [5, 5.41) is 4.62. The van der Waals surface area contributed by atoms with Crippen LogP contribution in [0.15, 0.2) is 60.8 Å². The van der Waals surface area contributed by atoms with Crippen LogP contribution in [0.3, 0.4) is 0 Å². The third kappa shape index (κ3) is 5.13. The summed E-state index contributed by atoms with van der Waals surface area (Å²) in [7, 11) is 0. The van der Waals surface area contributed by atoms with Crippen LogP contribution in [0.25, 0.3) is 17.0 Å². The Bertz CT molecular complexity index is 1470. The second kappa shape index (κ2) is 10.6. The number of nitrogens with zero attached hydrogens (tertiary/aromatic N) is 3. The van der Waals surface area contributed by atoms with Crippen LogP contribution in [-0.4, -0.2) is 33.6 Å². The van der Waals surface area contributed by atoms with E-state index in [2.05, 4.69) is 21.3 Å². The maximum atomic E-state index is 14.5. The van der Waals surface area contributed by atoms with Gasteiger partial charge in [-0.15, -0.1) is 0 Å². The number of nitrogens with one attached hydrogen (secondary N) is 1. The predicted octanol–water partition coefficient (Wildman–Crippen LogP) is 6.97.